The van der Waals surface area contributed by atoms with E-state index in [-0.39, 0.29) is 17.1 Å². The van der Waals surface area contributed by atoms with Gasteiger partial charge in [-0.15, -0.1) is 0 Å². The lowest BCUT2D eigenvalue weighted by molar-refractivity contribution is -0.126. The van der Waals surface area contributed by atoms with E-state index in [1.165, 1.54) is 6.92 Å². The van der Waals surface area contributed by atoms with Crippen LogP contribution < -0.4 is 5.73 Å². The first-order valence-electron chi connectivity index (χ1n) is 5.07. The third-order valence-electron chi connectivity index (χ3n) is 3.93. The van der Waals surface area contributed by atoms with Crippen molar-refractivity contribution in [3.63, 3.8) is 0 Å². The predicted octanol–water partition coefficient (Wildman–Crippen LogP) is 1.00. The number of nitrogens with zero attached hydrogens (tertiary/aromatic N) is 3. The molecule has 0 amide bonds. The maximum atomic E-state index is 11.7. The summed E-state index contributed by atoms with van der Waals surface area (Å²) in [5, 5.41) is 27.5. The summed E-state index contributed by atoms with van der Waals surface area (Å²) in [4.78, 5) is 11.7. The zero-order valence-electron chi connectivity index (χ0n) is 9.90. The molecule has 2 atom stereocenters. The Labute approximate surface area is 99.7 Å². The van der Waals surface area contributed by atoms with Crippen LogP contribution in [0.1, 0.15) is 20.8 Å². The van der Waals surface area contributed by atoms with E-state index in [0.717, 1.165) is 0 Å². The third kappa shape index (κ3) is 1.19. The van der Waals surface area contributed by atoms with Gasteiger partial charge in [-0.1, -0.05) is 6.92 Å². The van der Waals surface area contributed by atoms with Crippen LogP contribution in [0.15, 0.2) is 11.3 Å². The van der Waals surface area contributed by atoms with Crippen molar-refractivity contribution in [2.24, 2.45) is 22.5 Å². The largest absolute Gasteiger partial charge is 0.400 e. The molecule has 0 aliphatic heterocycles. The Hall–Kier alpha value is -2.32. The molecule has 0 radical (unpaired) electrons. The zero-order valence-corrected chi connectivity index (χ0v) is 9.90. The van der Waals surface area contributed by atoms with E-state index >= 15 is 0 Å². The van der Waals surface area contributed by atoms with Gasteiger partial charge in [0.05, 0.1) is 29.2 Å². The van der Waals surface area contributed by atoms with E-state index in [1.54, 1.807) is 19.9 Å². The lowest BCUT2D eigenvalue weighted by atomic mass is 9.67. The fourth-order valence-electron chi connectivity index (χ4n) is 2.33. The second-order valence-corrected chi connectivity index (χ2v) is 4.41. The van der Waals surface area contributed by atoms with Crippen molar-refractivity contribution in [3.05, 3.63) is 11.3 Å². The summed E-state index contributed by atoms with van der Waals surface area (Å²) in [6.07, 6.45) is 0. The van der Waals surface area contributed by atoms with E-state index in [4.69, 9.17) is 11.0 Å². The fourth-order valence-corrected chi connectivity index (χ4v) is 2.33. The number of carbonyl (C=O) groups excluding carboxylic acids is 1. The first-order valence-corrected chi connectivity index (χ1v) is 5.07. The van der Waals surface area contributed by atoms with E-state index in [2.05, 4.69) is 0 Å². The minimum absolute atomic E-state index is 0.0445. The van der Waals surface area contributed by atoms with Crippen molar-refractivity contribution in [1.29, 1.82) is 15.8 Å². The average Bonchev–Trinajstić information content (AvgIpc) is 2.48. The van der Waals surface area contributed by atoms with E-state index in [9.17, 15) is 15.3 Å². The lowest BCUT2D eigenvalue weighted by Crippen LogP contribution is -2.39. The summed E-state index contributed by atoms with van der Waals surface area (Å²) in [6.45, 7) is 4.53. The molecule has 1 aliphatic rings. The highest BCUT2D eigenvalue weighted by Gasteiger charge is 2.60. The van der Waals surface area contributed by atoms with Crippen molar-refractivity contribution in [2.45, 2.75) is 20.8 Å². The topological polar surface area (TPSA) is 114 Å². The lowest BCUT2D eigenvalue weighted by Gasteiger charge is -2.31. The Morgan fingerprint density at radius 3 is 2.06 bits per heavy atom. The minimum Gasteiger partial charge on any atom is -0.400 e. The molecule has 2 N–H and O–H groups in total. The summed E-state index contributed by atoms with van der Waals surface area (Å²) in [5.41, 5.74) is 3.02. The van der Waals surface area contributed by atoms with Gasteiger partial charge in [0.25, 0.3) is 0 Å². The Kier molecular flexibility index (Phi) is 2.71. The normalized spacial score (nSPS) is 30.2. The van der Waals surface area contributed by atoms with Crippen molar-refractivity contribution in [1.82, 2.24) is 0 Å². The Morgan fingerprint density at radius 1 is 1.35 bits per heavy atom. The van der Waals surface area contributed by atoms with Crippen molar-refractivity contribution >= 4 is 5.78 Å². The molecule has 0 spiro atoms. The van der Waals surface area contributed by atoms with Crippen LogP contribution in [-0.2, 0) is 4.79 Å². The zero-order chi connectivity index (χ0) is 13.4. The van der Waals surface area contributed by atoms with Crippen LogP contribution in [0.25, 0.3) is 0 Å². The molecule has 86 valence electrons. The van der Waals surface area contributed by atoms with Crippen LogP contribution in [0, 0.1) is 50.7 Å². The quantitative estimate of drug-likeness (QED) is 0.718. The molecule has 0 saturated carbocycles. The molecule has 1 aliphatic carbocycles. The molecule has 0 fully saturated rings. The summed E-state index contributed by atoms with van der Waals surface area (Å²) < 4.78 is 0. The molecular formula is C12H12N4O. The van der Waals surface area contributed by atoms with E-state index in [0.29, 0.717) is 0 Å². The standard InChI is InChI=1S/C12H12N4O/c1-7-11(3,8(2)17)10(16)9(4-13)12(7,5-14)6-15/h7H,16H2,1-3H3. The van der Waals surface area contributed by atoms with Gasteiger partial charge < -0.3 is 5.73 Å². The Morgan fingerprint density at radius 2 is 1.82 bits per heavy atom. The summed E-state index contributed by atoms with van der Waals surface area (Å²) in [6, 6.07) is 5.49. The molecule has 0 bridgehead atoms. The highest BCUT2D eigenvalue weighted by atomic mass is 16.1. The highest BCUT2D eigenvalue weighted by molar-refractivity contribution is 5.88. The van der Waals surface area contributed by atoms with Gasteiger partial charge in [-0.2, -0.15) is 15.8 Å². The number of Topliss-reactive ketones (excluding diaryl/α,β-unsaturated/α-hetero) is 1. The van der Waals surface area contributed by atoms with Crippen molar-refractivity contribution in [2.75, 3.05) is 0 Å². The smallest absolute Gasteiger partial charge is 0.183 e. The number of nitriles is 3. The molecular weight excluding hydrogens is 216 g/mol. The van der Waals surface area contributed by atoms with E-state index in [1.807, 2.05) is 12.1 Å². The molecule has 2 unspecified atom stereocenters. The number of hydrogen-bond acceptors (Lipinski definition) is 5. The second-order valence-electron chi connectivity index (χ2n) is 4.41. The average molecular weight is 228 g/mol. The molecule has 5 nitrogen and oxygen atoms in total. The number of ketones is 1. The van der Waals surface area contributed by atoms with Crippen molar-refractivity contribution < 1.29 is 4.79 Å². The van der Waals surface area contributed by atoms with Crippen LogP contribution in [0.4, 0.5) is 0 Å². The molecule has 0 heterocycles. The summed E-state index contributed by atoms with van der Waals surface area (Å²) in [7, 11) is 0. The first kappa shape index (κ1) is 12.7. The number of carbonyl (C=O) groups is 1. The van der Waals surface area contributed by atoms with E-state index < -0.39 is 16.7 Å². The first-order chi connectivity index (χ1) is 7.82. The van der Waals surface area contributed by atoms with Crippen LogP contribution in [0.2, 0.25) is 0 Å². The molecule has 1 rings (SSSR count). The van der Waals surface area contributed by atoms with Crippen molar-refractivity contribution in [3.8, 4) is 18.2 Å². The van der Waals surface area contributed by atoms with Gasteiger partial charge in [-0.3, -0.25) is 4.79 Å². The van der Waals surface area contributed by atoms with Gasteiger partial charge in [0.1, 0.15) is 5.78 Å². The molecule has 17 heavy (non-hydrogen) atoms. The third-order valence-corrected chi connectivity index (χ3v) is 3.93. The number of allylic oxidation sites excluding steroid dienone is 2. The van der Waals surface area contributed by atoms with Gasteiger partial charge in [0.2, 0.25) is 0 Å². The van der Waals surface area contributed by atoms with Crippen LogP contribution in [0.5, 0.6) is 0 Å². The highest BCUT2D eigenvalue weighted by Crippen LogP contribution is 2.55. The fraction of sp³-hybridized carbons (Fsp3) is 0.500. The molecule has 0 aromatic rings. The predicted molar refractivity (Wildman–Crippen MR) is 58.4 cm³/mol. The second kappa shape index (κ2) is 3.61. The Bertz CT molecular complexity index is 526. The van der Waals surface area contributed by atoms with Crippen LogP contribution in [0.3, 0.4) is 0 Å². The number of hydrogen-bond donors (Lipinski definition) is 1. The molecule has 0 aromatic heterocycles. The van der Waals surface area contributed by atoms with Crippen LogP contribution >= 0.6 is 0 Å². The SMILES string of the molecule is CC(=O)C1(C)C(N)=C(C#N)C(C#N)(C#N)C1C. The van der Waals surface area contributed by atoms with Gasteiger partial charge in [0.15, 0.2) is 5.41 Å². The minimum atomic E-state index is -1.63. The summed E-state index contributed by atoms with van der Waals surface area (Å²) in [5.74, 6) is -0.889. The maximum Gasteiger partial charge on any atom is 0.183 e. The van der Waals surface area contributed by atoms with Crippen LogP contribution in [-0.4, -0.2) is 5.78 Å². The molecule has 5 heteroatoms. The molecule has 0 aromatic carbocycles. The van der Waals surface area contributed by atoms with Gasteiger partial charge in [-0.25, -0.2) is 0 Å². The summed E-state index contributed by atoms with van der Waals surface area (Å²) >= 11 is 0. The monoisotopic (exact) mass is 228 g/mol. The maximum absolute atomic E-state index is 11.7. The van der Waals surface area contributed by atoms with Gasteiger partial charge in [0, 0.05) is 11.6 Å². The van der Waals surface area contributed by atoms with Gasteiger partial charge >= 0.3 is 0 Å². The van der Waals surface area contributed by atoms with Gasteiger partial charge in [-0.05, 0) is 13.8 Å². The number of rotatable bonds is 1. The Balaban J connectivity index is 3.70. The number of nitrogens with two attached hydrogens (primary N) is 1. The molecule has 0 saturated heterocycles.